The lowest BCUT2D eigenvalue weighted by Crippen LogP contribution is -2.28. The number of ether oxygens (including phenoxy) is 1. The molecule has 0 spiro atoms. The highest BCUT2D eigenvalue weighted by atomic mass is 19.1. The van der Waals surface area contributed by atoms with Crippen LogP contribution in [0.5, 0.6) is 5.75 Å². The number of aromatic nitrogens is 1. The lowest BCUT2D eigenvalue weighted by atomic mass is 9.96. The second-order valence-corrected chi connectivity index (χ2v) is 5.78. The summed E-state index contributed by atoms with van der Waals surface area (Å²) in [4.78, 5) is 16.7. The molecule has 0 bridgehead atoms. The number of hydrogen-bond acceptors (Lipinski definition) is 4. The van der Waals surface area contributed by atoms with E-state index >= 15 is 0 Å². The zero-order valence-electron chi connectivity index (χ0n) is 13.8. The van der Waals surface area contributed by atoms with E-state index in [9.17, 15) is 9.18 Å². The van der Waals surface area contributed by atoms with Gasteiger partial charge in [-0.15, -0.1) is 0 Å². The van der Waals surface area contributed by atoms with E-state index in [4.69, 9.17) is 4.74 Å². The number of aryl methyl sites for hydroxylation is 1. The van der Waals surface area contributed by atoms with Gasteiger partial charge in [-0.05, 0) is 54.8 Å². The van der Waals surface area contributed by atoms with Crippen LogP contribution in [0.4, 0.5) is 4.39 Å². The molecule has 3 rings (SSSR count). The summed E-state index contributed by atoms with van der Waals surface area (Å²) in [7, 11) is 1.39. The zero-order chi connectivity index (χ0) is 17.1. The minimum Gasteiger partial charge on any atom is -0.494 e. The predicted molar refractivity (Wildman–Crippen MR) is 88.5 cm³/mol. The molecule has 1 aliphatic rings. The minimum absolute atomic E-state index is 0.122. The topological polar surface area (TPSA) is 63.2 Å². The first-order chi connectivity index (χ1) is 11.6. The van der Waals surface area contributed by atoms with Crippen molar-refractivity contribution in [1.29, 1.82) is 0 Å². The van der Waals surface area contributed by atoms with Crippen molar-refractivity contribution >= 4 is 5.91 Å². The van der Waals surface area contributed by atoms with Crippen LogP contribution in [0, 0.1) is 12.7 Å². The minimum atomic E-state index is -0.550. The highest BCUT2D eigenvalue weighted by Gasteiger charge is 2.17. The number of rotatable bonds is 4. The summed E-state index contributed by atoms with van der Waals surface area (Å²) in [5, 5.41) is 6.18. The van der Waals surface area contributed by atoms with Crippen LogP contribution in [0.25, 0.3) is 0 Å². The predicted octanol–water partition coefficient (Wildman–Crippen LogP) is 2.11. The molecular formula is C18H20FN3O2. The molecule has 0 aliphatic carbocycles. The van der Waals surface area contributed by atoms with Crippen molar-refractivity contribution in [2.24, 2.45) is 0 Å². The number of hydrogen-bond donors (Lipinski definition) is 2. The second kappa shape index (κ2) is 6.97. The monoisotopic (exact) mass is 329 g/mol. The molecule has 0 radical (unpaired) electrons. The molecular weight excluding hydrogens is 309 g/mol. The number of pyridine rings is 1. The van der Waals surface area contributed by atoms with Gasteiger partial charge in [0, 0.05) is 30.5 Å². The molecule has 1 amide bonds. The van der Waals surface area contributed by atoms with Crippen molar-refractivity contribution in [3.05, 3.63) is 58.2 Å². The van der Waals surface area contributed by atoms with Gasteiger partial charge in [0.1, 0.15) is 0 Å². The quantitative estimate of drug-likeness (QED) is 0.902. The summed E-state index contributed by atoms with van der Waals surface area (Å²) in [6.07, 6.45) is 2.81. The Hall–Kier alpha value is -2.47. The van der Waals surface area contributed by atoms with Crippen LogP contribution in [0.1, 0.15) is 32.7 Å². The van der Waals surface area contributed by atoms with Crippen molar-refractivity contribution in [3.63, 3.8) is 0 Å². The molecule has 2 heterocycles. The van der Waals surface area contributed by atoms with Crippen LogP contribution in [-0.4, -0.2) is 24.5 Å². The Morgan fingerprint density at radius 1 is 1.46 bits per heavy atom. The van der Waals surface area contributed by atoms with Gasteiger partial charge in [-0.1, -0.05) is 0 Å². The van der Waals surface area contributed by atoms with Gasteiger partial charge in [0.25, 0.3) is 5.91 Å². The maximum Gasteiger partial charge on any atom is 0.251 e. The molecule has 5 nitrogen and oxygen atoms in total. The highest BCUT2D eigenvalue weighted by molar-refractivity contribution is 5.94. The maximum absolute atomic E-state index is 13.7. The number of nitrogens with one attached hydrogen (secondary N) is 2. The Balaban J connectivity index is 1.76. The fourth-order valence-electron chi connectivity index (χ4n) is 2.96. The van der Waals surface area contributed by atoms with Gasteiger partial charge in [0.2, 0.25) is 0 Å². The zero-order valence-corrected chi connectivity index (χ0v) is 13.8. The molecule has 0 saturated carbocycles. The fourth-order valence-corrected chi connectivity index (χ4v) is 2.96. The van der Waals surface area contributed by atoms with Gasteiger partial charge in [-0.25, -0.2) is 4.39 Å². The van der Waals surface area contributed by atoms with Gasteiger partial charge in [0.05, 0.1) is 7.11 Å². The number of carbonyl (C=O) groups is 1. The van der Waals surface area contributed by atoms with Crippen LogP contribution in [0.2, 0.25) is 0 Å². The highest BCUT2D eigenvalue weighted by Crippen LogP contribution is 2.21. The van der Waals surface area contributed by atoms with Gasteiger partial charge in [0.15, 0.2) is 11.6 Å². The Bertz CT molecular complexity index is 777. The van der Waals surface area contributed by atoms with Crippen molar-refractivity contribution in [2.45, 2.75) is 26.4 Å². The van der Waals surface area contributed by atoms with E-state index in [1.807, 2.05) is 13.1 Å². The third-order valence-corrected chi connectivity index (χ3v) is 4.31. The summed E-state index contributed by atoms with van der Waals surface area (Å²) in [6, 6.07) is 4.18. The summed E-state index contributed by atoms with van der Waals surface area (Å²) >= 11 is 0. The third-order valence-electron chi connectivity index (χ3n) is 4.31. The molecule has 1 aliphatic heterocycles. The van der Waals surface area contributed by atoms with E-state index in [1.165, 1.54) is 30.4 Å². The van der Waals surface area contributed by atoms with Gasteiger partial charge >= 0.3 is 0 Å². The first kappa shape index (κ1) is 16.4. The van der Waals surface area contributed by atoms with Gasteiger partial charge < -0.3 is 15.4 Å². The summed E-state index contributed by atoms with van der Waals surface area (Å²) in [5.74, 6) is -0.745. The van der Waals surface area contributed by atoms with Crippen LogP contribution >= 0.6 is 0 Å². The molecule has 2 N–H and O–H groups in total. The van der Waals surface area contributed by atoms with E-state index in [-0.39, 0.29) is 17.2 Å². The molecule has 0 unspecified atom stereocenters. The third kappa shape index (κ3) is 3.23. The Morgan fingerprint density at radius 2 is 2.29 bits per heavy atom. The number of amides is 1. The average Bonchev–Trinajstić information content (AvgIpc) is 2.60. The van der Waals surface area contributed by atoms with E-state index < -0.39 is 5.82 Å². The molecule has 1 aromatic carbocycles. The number of methoxy groups -OCH3 is 1. The largest absolute Gasteiger partial charge is 0.494 e. The number of nitrogens with zero attached hydrogens (tertiary/aromatic N) is 1. The smallest absolute Gasteiger partial charge is 0.251 e. The maximum atomic E-state index is 13.7. The Labute approximate surface area is 140 Å². The summed E-state index contributed by atoms with van der Waals surface area (Å²) < 4.78 is 18.6. The van der Waals surface area contributed by atoms with Crippen LogP contribution in [0.3, 0.4) is 0 Å². The Kier molecular flexibility index (Phi) is 4.76. The van der Waals surface area contributed by atoms with Crippen LogP contribution in [-0.2, 0) is 19.5 Å². The van der Waals surface area contributed by atoms with Crippen LogP contribution < -0.4 is 15.4 Å². The number of carbonyl (C=O) groups excluding carboxylic acids is 1. The molecule has 0 atom stereocenters. The molecule has 0 saturated heterocycles. The van der Waals surface area contributed by atoms with Gasteiger partial charge in [-0.3, -0.25) is 9.78 Å². The first-order valence-corrected chi connectivity index (χ1v) is 7.89. The van der Waals surface area contributed by atoms with E-state index in [0.717, 1.165) is 30.8 Å². The molecule has 0 fully saturated rings. The molecule has 24 heavy (non-hydrogen) atoms. The van der Waals surface area contributed by atoms with Crippen molar-refractivity contribution in [2.75, 3.05) is 13.7 Å². The van der Waals surface area contributed by atoms with Crippen molar-refractivity contribution in [1.82, 2.24) is 15.6 Å². The number of halogens is 1. The molecule has 126 valence electrons. The average molecular weight is 329 g/mol. The van der Waals surface area contributed by atoms with Crippen molar-refractivity contribution in [3.8, 4) is 5.75 Å². The standard InChI is InChI=1S/C18H20FN3O2/c1-11-15(14-5-6-20-8-13(14)9-21-11)10-22-18(23)12-3-4-17(24-2)16(19)7-12/h3-4,7,9,20H,5-6,8,10H2,1-2H3,(H,22,23). The SMILES string of the molecule is COc1ccc(C(=O)NCc2c(C)ncc3c2CCNC3)cc1F. The van der Waals surface area contributed by atoms with Gasteiger partial charge in [-0.2, -0.15) is 0 Å². The normalized spacial score (nSPS) is 13.3. The molecule has 1 aromatic heterocycles. The van der Waals surface area contributed by atoms with E-state index in [1.54, 1.807) is 6.07 Å². The fraction of sp³-hybridized carbons (Fsp3) is 0.333. The first-order valence-electron chi connectivity index (χ1n) is 7.89. The summed E-state index contributed by atoms with van der Waals surface area (Å²) in [5.41, 5.74) is 4.66. The lowest BCUT2D eigenvalue weighted by Gasteiger charge is -2.21. The lowest BCUT2D eigenvalue weighted by molar-refractivity contribution is 0.0950. The molecule has 2 aromatic rings. The van der Waals surface area contributed by atoms with E-state index in [2.05, 4.69) is 15.6 Å². The van der Waals surface area contributed by atoms with E-state index in [0.29, 0.717) is 6.54 Å². The second-order valence-electron chi connectivity index (χ2n) is 5.78. The Morgan fingerprint density at radius 3 is 3.04 bits per heavy atom. The molecule has 6 heteroatoms. The van der Waals surface area contributed by atoms with Crippen LogP contribution in [0.15, 0.2) is 24.4 Å². The number of fused-ring (bicyclic) bond motifs is 1. The summed E-state index contributed by atoms with van der Waals surface area (Å²) in [6.45, 7) is 4.04. The van der Waals surface area contributed by atoms with Crippen molar-refractivity contribution < 1.29 is 13.9 Å². The number of benzene rings is 1.